The first-order valence-corrected chi connectivity index (χ1v) is 6.50. The van der Waals surface area contributed by atoms with Crippen LogP contribution in [0.5, 0.6) is 5.75 Å². The molecule has 100 valence electrons. The molecular weight excluding hydrogens is 311 g/mol. The Morgan fingerprint density at radius 2 is 1.95 bits per heavy atom. The van der Waals surface area contributed by atoms with Gasteiger partial charge in [0.2, 0.25) is 0 Å². The highest BCUT2D eigenvalue weighted by Crippen LogP contribution is 2.32. The summed E-state index contributed by atoms with van der Waals surface area (Å²) in [5.74, 6) is 5.97. The molecule has 0 saturated heterocycles. The molecule has 1 unspecified atom stereocenters. The molecule has 1 atom stereocenters. The van der Waals surface area contributed by atoms with Crippen LogP contribution < -0.4 is 16.0 Å². The smallest absolute Gasteiger partial charge is 0.128 e. The molecule has 19 heavy (non-hydrogen) atoms. The van der Waals surface area contributed by atoms with Crippen LogP contribution in [-0.4, -0.2) is 7.11 Å². The highest BCUT2D eigenvalue weighted by Gasteiger charge is 2.19. The quantitative estimate of drug-likeness (QED) is 0.671. The molecule has 0 radical (unpaired) electrons. The predicted molar refractivity (Wildman–Crippen MR) is 76.3 cm³/mol. The average molecular weight is 325 g/mol. The highest BCUT2D eigenvalue weighted by atomic mass is 79.9. The second-order valence-electron chi connectivity index (χ2n) is 4.01. The summed E-state index contributed by atoms with van der Waals surface area (Å²) in [5, 5.41) is 0. The Labute approximate surface area is 119 Å². The lowest BCUT2D eigenvalue weighted by Gasteiger charge is -2.19. The first-order valence-electron chi connectivity index (χ1n) is 5.71. The summed E-state index contributed by atoms with van der Waals surface area (Å²) in [7, 11) is 1.58. The van der Waals surface area contributed by atoms with Gasteiger partial charge in [0.15, 0.2) is 0 Å². The first-order chi connectivity index (χ1) is 9.17. The molecule has 0 bridgehead atoms. The van der Waals surface area contributed by atoms with Crippen molar-refractivity contribution in [2.75, 3.05) is 7.11 Å². The van der Waals surface area contributed by atoms with Crippen molar-refractivity contribution in [2.45, 2.75) is 6.04 Å². The minimum atomic E-state index is -0.453. The number of hydrazine groups is 1. The van der Waals surface area contributed by atoms with E-state index in [0.717, 1.165) is 10.0 Å². The lowest BCUT2D eigenvalue weighted by Crippen LogP contribution is -2.29. The number of hydrogen-bond donors (Lipinski definition) is 2. The van der Waals surface area contributed by atoms with Gasteiger partial charge < -0.3 is 4.74 Å². The zero-order chi connectivity index (χ0) is 13.8. The molecule has 0 spiro atoms. The minimum absolute atomic E-state index is 0.305. The van der Waals surface area contributed by atoms with E-state index in [9.17, 15) is 4.39 Å². The van der Waals surface area contributed by atoms with E-state index in [2.05, 4.69) is 21.4 Å². The van der Waals surface area contributed by atoms with Crippen molar-refractivity contribution < 1.29 is 9.13 Å². The second kappa shape index (κ2) is 6.14. The summed E-state index contributed by atoms with van der Waals surface area (Å²) in [6, 6.07) is 11.6. The predicted octanol–water partition coefficient (Wildman–Crippen LogP) is 3.15. The van der Waals surface area contributed by atoms with E-state index in [-0.39, 0.29) is 5.82 Å². The fourth-order valence-corrected chi connectivity index (χ4v) is 2.40. The van der Waals surface area contributed by atoms with Crippen LogP contribution in [-0.2, 0) is 0 Å². The Kier molecular flexibility index (Phi) is 4.52. The summed E-state index contributed by atoms with van der Waals surface area (Å²) < 4.78 is 19.9. The van der Waals surface area contributed by atoms with Gasteiger partial charge in [0.05, 0.1) is 13.2 Å². The number of methoxy groups -OCH3 is 1. The normalized spacial score (nSPS) is 12.2. The molecule has 5 heteroatoms. The van der Waals surface area contributed by atoms with Crippen molar-refractivity contribution in [3.05, 3.63) is 63.9 Å². The monoisotopic (exact) mass is 324 g/mol. The van der Waals surface area contributed by atoms with Crippen molar-refractivity contribution in [3.63, 3.8) is 0 Å². The molecule has 0 heterocycles. The van der Waals surface area contributed by atoms with Gasteiger partial charge in [-0.1, -0.05) is 34.1 Å². The van der Waals surface area contributed by atoms with E-state index >= 15 is 0 Å². The third kappa shape index (κ3) is 2.94. The molecule has 0 fully saturated rings. The van der Waals surface area contributed by atoms with Crippen LogP contribution in [0.25, 0.3) is 0 Å². The third-order valence-corrected chi connectivity index (χ3v) is 3.62. The molecule has 2 rings (SSSR count). The minimum Gasteiger partial charge on any atom is -0.497 e. The Morgan fingerprint density at radius 1 is 1.21 bits per heavy atom. The first kappa shape index (κ1) is 14.0. The lowest BCUT2D eigenvalue weighted by molar-refractivity contribution is 0.413. The van der Waals surface area contributed by atoms with E-state index in [4.69, 9.17) is 10.6 Å². The van der Waals surface area contributed by atoms with Gasteiger partial charge in [-0.25, -0.2) is 9.82 Å². The van der Waals surface area contributed by atoms with Gasteiger partial charge >= 0.3 is 0 Å². The van der Waals surface area contributed by atoms with Gasteiger partial charge in [-0.2, -0.15) is 0 Å². The topological polar surface area (TPSA) is 47.3 Å². The number of nitrogens with two attached hydrogens (primary N) is 1. The van der Waals surface area contributed by atoms with Crippen LogP contribution in [0, 0.1) is 5.82 Å². The van der Waals surface area contributed by atoms with Gasteiger partial charge in [0.1, 0.15) is 11.6 Å². The van der Waals surface area contributed by atoms with Gasteiger partial charge in [-0.05, 0) is 29.8 Å². The molecule has 3 nitrogen and oxygen atoms in total. The van der Waals surface area contributed by atoms with Crippen molar-refractivity contribution in [1.29, 1.82) is 0 Å². The molecule has 0 aliphatic heterocycles. The molecule has 0 aromatic heterocycles. The van der Waals surface area contributed by atoms with E-state index < -0.39 is 6.04 Å². The molecule has 2 aromatic rings. The van der Waals surface area contributed by atoms with Crippen LogP contribution in [0.2, 0.25) is 0 Å². The van der Waals surface area contributed by atoms with Crippen LogP contribution in [0.4, 0.5) is 4.39 Å². The average Bonchev–Trinajstić information content (AvgIpc) is 2.43. The number of benzene rings is 2. The Hall–Kier alpha value is -1.43. The van der Waals surface area contributed by atoms with E-state index in [0.29, 0.717) is 11.3 Å². The SMILES string of the molecule is COc1ccc(Br)c(C(NN)c2ccccc2F)c1. The van der Waals surface area contributed by atoms with Crippen molar-refractivity contribution in [2.24, 2.45) is 5.84 Å². The van der Waals surface area contributed by atoms with Crippen LogP contribution in [0.15, 0.2) is 46.9 Å². The lowest BCUT2D eigenvalue weighted by atomic mass is 9.98. The molecule has 2 aromatic carbocycles. The van der Waals surface area contributed by atoms with Crippen molar-refractivity contribution >= 4 is 15.9 Å². The van der Waals surface area contributed by atoms with Gasteiger partial charge in [0.25, 0.3) is 0 Å². The third-order valence-electron chi connectivity index (χ3n) is 2.90. The Bertz CT molecular complexity index is 577. The summed E-state index contributed by atoms with van der Waals surface area (Å²) in [5.41, 5.74) is 3.94. The summed E-state index contributed by atoms with van der Waals surface area (Å²) >= 11 is 3.45. The van der Waals surface area contributed by atoms with Crippen LogP contribution in [0.1, 0.15) is 17.2 Å². The Balaban J connectivity index is 2.51. The largest absolute Gasteiger partial charge is 0.497 e. The van der Waals surface area contributed by atoms with Gasteiger partial charge in [0, 0.05) is 10.0 Å². The van der Waals surface area contributed by atoms with Crippen LogP contribution in [0.3, 0.4) is 0 Å². The molecule has 0 aliphatic carbocycles. The second-order valence-corrected chi connectivity index (χ2v) is 4.86. The van der Waals surface area contributed by atoms with Gasteiger partial charge in [-0.3, -0.25) is 5.84 Å². The van der Waals surface area contributed by atoms with E-state index in [1.807, 2.05) is 18.2 Å². The zero-order valence-corrected chi connectivity index (χ0v) is 11.9. The molecular formula is C14H14BrFN2O. The number of ether oxygens (including phenoxy) is 1. The number of halogens is 2. The van der Waals surface area contributed by atoms with Crippen molar-refractivity contribution in [3.8, 4) is 5.75 Å². The fraction of sp³-hybridized carbons (Fsp3) is 0.143. The van der Waals surface area contributed by atoms with Gasteiger partial charge in [-0.15, -0.1) is 0 Å². The maximum absolute atomic E-state index is 13.9. The fourth-order valence-electron chi connectivity index (χ4n) is 1.93. The Morgan fingerprint density at radius 3 is 2.58 bits per heavy atom. The van der Waals surface area contributed by atoms with Crippen LogP contribution >= 0.6 is 15.9 Å². The molecule has 0 saturated carbocycles. The summed E-state index contributed by atoms with van der Waals surface area (Å²) in [6.07, 6.45) is 0. The maximum Gasteiger partial charge on any atom is 0.128 e. The molecule has 0 aliphatic rings. The zero-order valence-electron chi connectivity index (χ0n) is 10.4. The highest BCUT2D eigenvalue weighted by molar-refractivity contribution is 9.10. The number of hydrogen-bond acceptors (Lipinski definition) is 3. The molecule has 3 N–H and O–H groups in total. The van der Waals surface area contributed by atoms with Crippen molar-refractivity contribution in [1.82, 2.24) is 5.43 Å². The number of rotatable bonds is 4. The molecule has 0 amide bonds. The summed E-state index contributed by atoms with van der Waals surface area (Å²) in [4.78, 5) is 0. The number of nitrogens with one attached hydrogen (secondary N) is 1. The standard InChI is InChI=1S/C14H14BrFN2O/c1-19-9-6-7-12(15)11(8-9)14(18-17)10-4-2-3-5-13(10)16/h2-8,14,18H,17H2,1H3. The summed E-state index contributed by atoms with van der Waals surface area (Å²) in [6.45, 7) is 0. The van der Waals surface area contributed by atoms with E-state index in [1.54, 1.807) is 25.3 Å². The maximum atomic E-state index is 13.9. The van der Waals surface area contributed by atoms with E-state index in [1.165, 1.54) is 6.07 Å².